The number of hydrogen-bond donors (Lipinski definition) is 1. The Kier molecular flexibility index (Phi) is 5.67. The summed E-state index contributed by atoms with van der Waals surface area (Å²) in [6.45, 7) is 15.9. The Bertz CT molecular complexity index is 946. The van der Waals surface area contributed by atoms with Gasteiger partial charge in [0.25, 0.3) is 0 Å². The van der Waals surface area contributed by atoms with Crippen molar-refractivity contribution >= 4 is 11.9 Å². The summed E-state index contributed by atoms with van der Waals surface area (Å²) in [5, 5.41) is 10.5. The molecule has 4 saturated carbocycles. The first kappa shape index (κ1) is 25.3. The molecule has 0 bridgehead atoms. The van der Waals surface area contributed by atoms with E-state index in [9.17, 15) is 14.7 Å². The minimum absolute atomic E-state index is 0.00948. The number of fused-ring (bicyclic) bond motifs is 7. The molecular formula is C31H48O4. The van der Waals surface area contributed by atoms with Crippen molar-refractivity contribution in [1.82, 2.24) is 0 Å². The van der Waals surface area contributed by atoms with Crippen LogP contribution in [0.25, 0.3) is 0 Å². The highest BCUT2D eigenvalue weighted by Gasteiger charge is 2.65. The SMILES string of the molecule is CC(=O)O[C@H]1CC[C@]2(C)[C@H]3CC=C4C5CC(C)(C)CCC5(C(=O)O)CC[C@@]4(C)[C@@H]3CC[C@H]2C1(C)C. The molecule has 5 aliphatic carbocycles. The average molecular weight is 485 g/mol. The van der Waals surface area contributed by atoms with E-state index in [1.807, 2.05) is 0 Å². The van der Waals surface area contributed by atoms with Gasteiger partial charge in [-0.1, -0.05) is 53.2 Å². The van der Waals surface area contributed by atoms with Crippen LogP contribution in [0.4, 0.5) is 0 Å². The molecule has 2 unspecified atom stereocenters. The Balaban J connectivity index is 1.51. The third kappa shape index (κ3) is 3.51. The van der Waals surface area contributed by atoms with Gasteiger partial charge in [0.1, 0.15) is 6.10 Å². The summed E-state index contributed by atoms with van der Waals surface area (Å²) in [6, 6.07) is 0. The Morgan fingerprint density at radius 1 is 0.914 bits per heavy atom. The van der Waals surface area contributed by atoms with Crippen molar-refractivity contribution in [2.75, 3.05) is 0 Å². The lowest BCUT2D eigenvalue weighted by Crippen LogP contribution is -2.61. The number of carboxylic acids is 1. The second-order valence-electron chi connectivity index (χ2n) is 15.0. The number of hydrogen-bond acceptors (Lipinski definition) is 3. The van der Waals surface area contributed by atoms with Crippen LogP contribution in [0.15, 0.2) is 11.6 Å². The van der Waals surface area contributed by atoms with Crippen LogP contribution in [-0.4, -0.2) is 23.1 Å². The highest BCUT2D eigenvalue weighted by Crippen LogP contribution is 2.71. The molecule has 4 fully saturated rings. The lowest BCUT2D eigenvalue weighted by Gasteiger charge is -2.67. The maximum Gasteiger partial charge on any atom is 0.310 e. The quantitative estimate of drug-likeness (QED) is 0.327. The standard InChI is InChI=1S/C31H48O4/c1-19(32)35-25-12-13-30(7)21-8-9-22-23-18-27(2,3)14-16-31(23,26(33)34)17-15-29(22,6)20(21)10-11-24(30)28(25,4)5/h9,20-21,23-25H,8,10-18H2,1-7H3,(H,33,34)/t20-,21+,23?,24+,25+,29+,30-,31?/m1/s1. The van der Waals surface area contributed by atoms with Gasteiger partial charge in [-0.05, 0) is 104 Å². The first-order valence-electron chi connectivity index (χ1n) is 14.3. The number of aliphatic carboxylic acids is 1. The van der Waals surface area contributed by atoms with Gasteiger partial charge < -0.3 is 9.84 Å². The molecule has 4 heteroatoms. The molecule has 0 amide bonds. The van der Waals surface area contributed by atoms with Crippen molar-refractivity contribution in [3.8, 4) is 0 Å². The number of carboxylic acid groups (broad SMARTS) is 1. The Hall–Kier alpha value is -1.32. The number of ether oxygens (including phenoxy) is 1. The summed E-state index contributed by atoms with van der Waals surface area (Å²) in [4.78, 5) is 24.6. The smallest absolute Gasteiger partial charge is 0.310 e. The summed E-state index contributed by atoms with van der Waals surface area (Å²) < 4.78 is 5.85. The van der Waals surface area contributed by atoms with E-state index < -0.39 is 11.4 Å². The fourth-order valence-corrected chi connectivity index (χ4v) is 10.5. The zero-order chi connectivity index (χ0) is 25.6. The van der Waals surface area contributed by atoms with Crippen molar-refractivity contribution in [1.29, 1.82) is 0 Å². The Morgan fingerprint density at radius 3 is 2.26 bits per heavy atom. The molecule has 0 aromatic heterocycles. The maximum absolute atomic E-state index is 12.7. The largest absolute Gasteiger partial charge is 0.481 e. The van der Waals surface area contributed by atoms with E-state index in [-0.39, 0.29) is 39.7 Å². The first-order chi connectivity index (χ1) is 16.2. The summed E-state index contributed by atoms with van der Waals surface area (Å²) in [7, 11) is 0. The van der Waals surface area contributed by atoms with E-state index in [0.29, 0.717) is 17.8 Å². The van der Waals surface area contributed by atoms with E-state index in [4.69, 9.17) is 4.74 Å². The van der Waals surface area contributed by atoms with Crippen LogP contribution < -0.4 is 0 Å². The lowest BCUT2D eigenvalue weighted by atomic mass is 9.38. The number of esters is 1. The molecule has 5 rings (SSSR count). The first-order valence-corrected chi connectivity index (χ1v) is 14.3. The van der Waals surface area contributed by atoms with Crippen LogP contribution in [-0.2, 0) is 14.3 Å². The molecule has 35 heavy (non-hydrogen) atoms. The molecule has 8 atom stereocenters. The lowest BCUT2D eigenvalue weighted by molar-refractivity contribution is -0.192. The maximum atomic E-state index is 12.7. The van der Waals surface area contributed by atoms with E-state index >= 15 is 0 Å². The Labute approximate surface area is 212 Å². The number of rotatable bonds is 2. The fraction of sp³-hybridized carbons (Fsp3) is 0.871. The highest BCUT2D eigenvalue weighted by molar-refractivity contribution is 5.76. The topological polar surface area (TPSA) is 63.6 Å². The number of allylic oxidation sites excluding steroid dienone is 2. The molecule has 1 N–H and O–H groups in total. The zero-order valence-corrected chi connectivity index (χ0v) is 23.2. The zero-order valence-electron chi connectivity index (χ0n) is 23.2. The molecule has 0 aliphatic heterocycles. The molecule has 196 valence electrons. The molecular weight excluding hydrogens is 436 g/mol. The highest BCUT2D eigenvalue weighted by atomic mass is 16.5. The Morgan fingerprint density at radius 2 is 1.60 bits per heavy atom. The predicted molar refractivity (Wildman–Crippen MR) is 138 cm³/mol. The summed E-state index contributed by atoms with van der Waals surface area (Å²) in [6.07, 6.45) is 12.8. The van der Waals surface area contributed by atoms with Crippen LogP contribution in [0.2, 0.25) is 0 Å². The minimum Gasteiger partial charge on any atom is -0.481 e. The van der Waals surface area contributed by atoms with Crippen molar-refractivity contribution in [3.63, 3.8) is 0 Å². The normalized spacial score (nSPS) is 47.7. The third-order valence-electron chi connectivity index (χ3n) is 12.5. The van der Waals surface area contributed by atoms with Crippen LogP contribution in [0.5, 0.6) is 0 Å². The van der Waals surface area contributed by atoms with E-state index in [2.05, 4.69) is 47.6 Å². The van der Waals surface area contributed by atoms with Gasteiger partial charge in [-0.15, -0.1) is 0 Å². The van der Waals surface area contributed by atoms with Gasteiger partial charge in [0, 0.05) is 12.3 Å². The second kappa shape index (κ2) is 7.84. The van der Waals surface area contributed by atoms with Crippen LogP contribution in [0.3, 0.4) is 0 Å². The molecule has 0 radical (unpaired) electrons. The summed E-state index contributed by atoms with van der Waals surface area (Å²) >= 11 is 0. The monoisotopic (exact) mass is 484 g/mol. The minimum atomic E-state index is -0.557. The summed E-state index contributed by atoms with van der Waals surface area (Å²) in [5.74, 6) is 1.28. The van der Waals surface area contributed by atoms with Gasteiger partial charge >= 0.3 is 11.9 Å². The molecule has 0 spiro atoms. The average Bonchev–Trinajstić information content (AvgIpc) is 2.75. The van der Waals surface area contributed by atoms with Gasteiger partial charge in [0.05, 0.1) is 5.41 Å². The third-order valence-corrected chi connectivity index (χ3v) is 12.5. The van der Waals surface area contributed by atoms with Gasteiger partial charge in [-0.3, -0.25) is 9.59 Å². The van der Waals surface area contributed by atoms with Gasteiger partial charge in [0.15, 0.2) is 0 Å². The molecule has 5 aliphatic rings. The molecule has 0 heterocycles. The van der Waals surface area contributed by atoms with Crippen molar-refractivity contribution in [2.24, 2.45) is 50.7 Å². The number of carbonyl (C=O) groups is 2. The van der Waals surface area contributed by atoms with Gasteiger partial charge in [-0.25, -0.2) is 0 Å². The van der Waals surface area contributed by atoms with E-state index in [1.54, 1.807) is 6.92 Å². The second-order valence-corrected chi connectivity index (χ2v) is 15.0. The molecule has 0 saturated heterocycles. The molecule has 0 aromatic rings. The van der Waals surface area contributed by atoms with Crippen LogP contribution in [0.1, 0.15) is 113 Å². The summed E-state index contributed by atoms with van der Waals surface area (Å²) in [5.41, 5.74) is 1.50. The number of carbonyl (C=O) groups excluding carboxylic acids is 1. The van der Waals surface area contributed by atoms with Crippen molar-refractivity contribution in [3.05, 3.63) is 11.6 Å². The van der Waals surface area contributed by atoms with E-state index in [1.165, 1.54) is 18.4 Å². The van der Waals surface area contributed by atoms with Gasteiger partial charge in [-0.2, -0.15) is 0 Å². The molecule has 0 aromatic carbocycles. The fourth-order valence-electron chi connectivity index (χ4n) is 10.5. The van der Waals surface area contributed by atoms with Crippen molar-refractivity contribution < 1.29 is 19.4 Å². The van der Waals surface area contributed by atoms with Crippen LogP contribution >= 0.6 is 0 Å². The molecule has 4 nitrogen and oxygen atoms in total. The van der Waals surface area contributed by atoms with Crippen LogP contribution in [0, 0.1) is 50.7 Å². The van der Waals surface area contributed by atoms with Gasteiger partial charge in [0.2, 0.25) is 0 Å². The predicted octanol–water partition coefficient (Wildman–Crippen LogP) is 7.41. The van der Waals surface area contributed by atoms with E-state index in [0.717, 1.165) is 51.4 Å². The van der Waals surface area contributed by atoms with Crippen molar-refractivity contribution in [2.45, 2.75) is 119 Å².